The van der Waals surface area contributed by atoms with Crippen LogP contribution in [-0.2, 0) is 14.8 Å². The first-order valence-corrected chi connectivity index (χ1v) is 7.37. The molecule has 1 aliphatic heterocycles. The first kappa shape index (κ1) is 14.2. The molecule has 5 heteroatoms. The van der Waals surface area contributed by atoms with Crippen LogP contribution < -0.4 is 0 Å². The molecule has 0 spiro atoms. The van der Waals surface area contributed by atoms with Gasteiger partial charge in [0, 0.05) is 20.2 Å². The Morgan fingerprint density at radius 1 is 1.12 bits per heavy atom. The summed E-state index contributed by atoms with van der Waals surface area (Å²) in [6.45, 7) is 1.10. The van der Waals surface area contributed by atoms with E-state index in [1.807, 2.05) is 36.4 Å². The zero-order valence-electron chi connectivity index (χ0n) is 10.2. The Morgan fingerprint density at radius 2 is 1.59 bits per heavy atom. The molecule has 1 aromatic carbocycles. The molecule has 0 N–H and O–H groups in total. The highest BCUT2D eigenvalue weighted by Crippen LogP contribution is 2.14. The summed E-state index contributed by atoms with van der Waals surface area (Å²) in [6, 6.07) is 12.0. The van der Waals surface area contributed by atoms with Crippen LogP contribution >= 0.6 is 0 Å². The largest absolute Gasteiger partial charge is 0.380 e. The highest BCUT2D eigenvalue weighted by atomic mass is 32.2. The summed E-state index contributed by atoms with van der Waals surface area (Å²) in [5.41, 5.74) is 0. The Balaban J connectivity index is 0.000000202. The zero-order valence-corrected chi connectivity index (χ0v) is 11.1. The second-order valence-electron chi connectivity index (χ2n) is 3.92. The van der Waals surface area contributed by atoms with E-state index < -0.39 is 10.0 Å². The van der Waals surface area contributed by atoms with E-state index >= 15 is 0 Å². The number of hydrogen-bond donors (Lipinski definition) is 0. The Hall–Kier alpha value is -0.910. The lowest BCUT2D eigenvalue weighted by Gasteiger charge is -2.11. The summed E-state index contributed by atoms with van der Waals surface area (Å²) in [5.74, 6) is 0. The molecule has 96 valence electrons. The molecule has 1 atom stereocenters. The van der Waals surface area contributed by atoms with Crippen LogP contribution in [0.3, 0.4) is 0 Å². The molecule has 0 bridgehead atoms. The summed E-state index contributed by atoms with van der Waals surface area (Å²) < 4.78 is 28.4. The topological polar surface area (TPSA) is 46.6 Å². The maximum atomic E-state index is 11.0. The van der Waals surface area contributed by atoms with Crippen LogP contribution in [0.5, 0.6) is 0 Å². The summed E-state index contributed by atoms with van der Waals surface area (Å²) in [5, 5.41) is 0. The van der Waals surface area contributed by atoms with Crippen molar-refractivity contribution in [3.63, 3.8) is 0 Å². The molecular weight excluding hydrogens is 238 g/mol. The minimum atomic E-state index is -2.99. The fourth-order valence-corrected chi connectivity index (χ4v) is 2.45. The van der Waals surface area contributed by atoms with E-state index in [1.54, 1.807) is 7.11 Å². The van der Waals surface area contributed by atoms with Crippen LogP contribution in [0.2, 0.25) is 0 Å². The van der Waals surface area contributed by atoms with Crippen LogP contribution in [0.4, 0.5) is 0 Å². The normalized spacial score (nSPS) is 20.7. The summed E-state index contributed by atoms with van der Waals surface area (Å²) >= 11 is 0. The minimum absolute atomic E-state index is 0.0877. The Morgan fingerprint density at radius 3 is 1.82 bits per heavy atom. The van der Waals surface area contributed by atoms with Crippen LogP contribution in [0.1, 0.15) is 6.42 Å². The van der Waals surface area contributed by atoms with E-state index in [4.69, 9.17) is 4.74 Å². The van der Waals surface area contributed by atoms with Gasteiger partial charge in [0.25, 0.3) is 0 Å². The van der Waals surface area contributed by atoms with E-state index in [0.717, 1.165) is 6.42 Å². The molecule has 1 unspecified atom stereocenters. The van der Waals surface area contributed by atoms with Crippen molar-refractivity contribution in [1.82, 2.24) is 4.31 Å². The molecule has 1 heterocycles. The van der Waals surface area contributed by atoms with Gasteiger partial charge in [0.05, 0.1) is 12.4 Å². The lowest BCUT2D eigenvalue weighted by molar-refractivity contribution is 0.115. The van der Waals surface area contributed by atoms with Gasteiger partial charge in [-0.05, 0) is 6.42 Å². The average Bonchev–Trinajstić information content (AvgIpc) is 2.80. The molecule has 1 aromatic rings. The summed E-state index contributed by atoms with van der Waals surface area (Å²) in [4.78, 5) is 0. The molecule has 0 radical (unpaired) electrons. The second-order valence-corrected chi connectivity index (χ2v) is 5.90. The van der Waals surface area contributed by atoms with Crippen molar-refractivity contribution < 1.29 is 13.2 Å². The Labute approximate surface area is 103 Å². The minimum Gasteiger partial charge on any atom is -0.380 e. The third-order valence-electron chi connectivity index (χ3n) is 2.58. The van der Waals surface area contributed by atoms with Crippen LogP contribution in [0.15, 0.2) is 36.4 Å². The van der Waals surface area contributed by atoms with E-state index in [0.29, 0.717) is 13.1 Å². The molecule has 0 aromatic heterocycles. The van der Waals surface area contributed by atoms with Gasteiger partial charge in [-0.15, -0.1) is 0 Å². The number of rotatable bonds is 2. The third kappa shape index (κ3) is 5.30. The highest BCUT2D eigenvalue weighted by molar-refractivity contribution is 7.88. The van der Waals surface area contributed by atoms with Gasteiger partial charge in [0.1, 0.15) is 0 Å². The average molecular weight is 257 g/mol. The molecule has 0 saturated carbocycles. The van der Waals surface area contributed by atoms with Crippen LogP contribution in [-0.4, -0.2) is 45.3 Å². The highest BCUT2D eigenvalue weighted by Gasteiger charge is 2.27. The first-order valence-electron chi connectivity index (χ1n) is 5.52. The maximum absolute atomic E-state index is 11.0. The molecular formula is C12H19NO3S. The number of sulfonamides is 1. The summed E-state index contributed by atoms with van der Waals surface area (Å²) in [6.07, 6.45) is 2.12. The zero-order chi connectivity index (χ0) is 12.7. The monoisotopic (exact) mass is 257 g/mol. The number of ether oxygens (including phenoxy) is 1. The van der Waals surface area contributed by atoms with E-state index in [-0.39, 0.29) is 6.10 Å². The first-order chi connectivity index (χ1) is 8.04. The number of hydrogen-bond acceptors (Lipinski definition) is 3. The third-order valence-corrected chi connectivity index (χ3v) is 3.85. The maximum Gasteiger partial charge on any atom is 0.211 e. The lowest BCUT2D eigenvalue weighted by atomic mass is 10.3. The standard InChI is InChI=1S/C6H13NO3S.C6H6/c1-10-6-3-4-7(5-6)11(2,8)9;1-2-4-6-5-3-1/h6H,3-5H2,1-2H3;1-6H. The van der Waals surface area contributed by atoms with E-state index in [1.165, 1.54) is 10.6 Å². The van der Waals surface area contributed by atoms with Gasteiger partial charge >= 0.3 is 0 Å². The van der Waals surface area contributed by atoms with Gasteiger partial charge in [-0.1, -0.05) is 36.4 Å². The van der Waals surface area contributed by atoms with Crippen molar-refractivity contribution in [1.29, 1.82) is 0 Å². The van der Waals surface area contributed by atoms with E-state index in [2.05, 4.69) is 0 Å². The quantitative estimate of drug-likeness (QED) is 0.803. The van der Waals surface area contributed by atoms with Gasteiger partial charge in [0.15, 0.2) is 0 Å². The summed E-state index contributed by atoms with van der Waals surface area (Å²) in [7, 11) is -1.38. The molecule has 1 aliphatic rings. The molecule has 0 amide bonds. The van der Waals surface area contributed by atoms with Crippen molar-refractivity contribution in [3.05, 3.63) is 36.4 Å². The molecule has 17 heavy (non-hydrogen) atoms. The Kier molecular flexibility index (Phi) is 5.61. The van der Waals surface area contributed by atoms with Gasteiger partial charge in [-0.2, -0.15) is 4.31 Å². The predicted octanol–water partition coefficient (Wildman–Crippen LogP) is 1.35. The fraction of sp³-hybridized carbons (Fsp3) is 0.500. The number of methoxy groups -OCH3 is 1. The second kappa shape index (κ2) is 6.74. The van der Waals surface area contributed by atoms with Gasteiger partial charge in [0.2, 0.25) is 10.0 Å². The van der Waals surface area contributed by atoms with E-state index in [9.17, 15) is 8.42 Å². The smallest absolute Gasteiger partial charge is 0.211 e. The number of benzene rings is 1. The SMILES string of the molecule is COC1CCN(S(C)(=O)=O)C1.c1ccccc1. The molecule has 1 saturated heterocycles. The van der Waals surface area contributed by atoms with Crippen molar-refractivity contribution in [3.8, 4) is 0 Å². The van der Waals surface area contributed by atoms with Crippen molar-refractivity contribution >= 4 is 10.0 Å². The molecule has 0 aliphatic carbocycles. The molecule has 1 fully saturated rings. The molecule has 2 rings (SSSR count). The lowest BCUT2D eigenvalue weighted by Crippen LogP contribution is -2.28. The van der Waals surface area contributed by atoms with Crippen molar-refractivity contribution in [2.75, 3.05) is 26.5 Å². The molecule has 4 nitrogen and oxygen atoms in total. The van der Waals surface area contributed by atoms with Crippen molar-refractivity contribution in [2.24, 2.45) is 0 Å². The van der Waals surface area contributed by atoms with Crippen LogP contribution in [0.25, 0.3) is 0 Å². The predicted molar refractivity (Wildman–Crippen MR) is 68.3 cm³/mol. The fourth-order valence-electron chi connectivity index (χ4n) is 1.58. The van der Waals surface area contributed by atoms with Gasteiger partial charge in [-0.3, -0.25) is 0 Å². The number of nitrogens with zero attached hydrogens (tertiary/aromatic N) is 1. The van der Waals surface area contributed by atoms with Gasteiger partial charge < -0.3 is 4.74 Å². The Bertz CT molecular complexity index is 378. The van der Waals surface area contributed by atoms with Crippen LogP contribution in [0, 0.1) is 0 Å². The van der Waals surface area contributed by atoms with Crippen molar-refractivity contribution in [2.45, 2.75) is 12.5 Å². The van der Waals surface area contributed by atoms with Gasteiger partial charge in [-0.25, -0.2) is 8.42 Å².